The van der Waals surface area contributed by atoms with Crippen LogP contribution in [0.5, 0.6) is 11.5 Å². The number of benzene rings is 2. The zero-order valence-corrected chi connectivity index (χ0v) is 14.8. The maximum Gasteiger partial charge on any atom is 0.266 e. The van der Waals surface area contributed by atoms with Crippen LogP contribution in [0.4, 0.5) is 0 Å². The molecular formula is C21H18N2O3. The highest BCUT2D eigenvalue weighted by Gasteiger charge is 2.12. The number of aromatic amines is 1. The summed E-state index contributed by atoms with van der Waals surface area (Å²) in [6.07, 6.45) is 0. The van der Waals surface area contributed by atoms with E-state index in [1.54, 1.807) is 21.1 Å². The highest BCUT2D eigenvalue weighted by molar-refractivity contribution is 5.77. The van der Waals surface area contributed by atoms with Gasteiger partial charge in [0, 0.05) is 11.3 Å². The van der Waals surface area contributed by atoms with Gasteiger partial charge >= 0.3 is 0 Å². The van der Waals surface area contributed by atoms with Gasteiger partial charge in [-0.25, -0.2) is 0 Å². The molecule has 1 heterocycles. The molecule has 0 amide bonds. The van der Waals surface area contributed by atoms with Gasteiger partial charge in [0.25, 0.3) is 5.56 Å². The van der Waals surface area contributed by atoms with Crippen molar-refractivity contribution in [2.75, 3.05) is 14.2 Å². The van der Waals surface area contributed by atoms with Crippen molar-refractivity contribution >= 4 is 0 Å². The summed E-state index contributed by atoms with van der Waals surface area (Å²) < 4.78 is 10.6. The monoisotopic (exact) mass is 346 g/mol. The zero-order chi connectivity index (χ0) is 18.7. The van der Waals surface area contributed by atoms with Gasteiger partial charge in [0.2, 0.25) is 0 Å². The van der Waals surface area contributed by atoms with E-state index in [0.29, 0.717) is 22.8 Å². The number of nitrogens with zero attached hydrogens (tertiary/aromatic N) is 1. The van der Waals surface area contributed by atoms with Gasteiger partial charge in [-0.3, -0.25) is 4.79 Å². The first-order valence-electron chi connectivity index (χ1n) is 8.04. The van der Waals surface area contributed by atoms with E-state index < -0.39 is 0 Å². The summed E-state index contributed by atoms with van der Waals surface area (Å²) in [5.41, 5.74) is 3.77. The molecule has 0 saturated carbocycles. The molecule has 0 bridgehead atoms. The summed E-state index contributed by atoms with van der Waals surface area (Å²) in [5, 5.41) is 9.36. The number of pyridine rings is 1. The number of ether oxygens (including phenoxy) is 2. The first-order chi connectivity index (χ1) is 12.6. The Kier molecular flexibility index (Phi) is 4.76. The van der Waals surface area contributed by atoms with Crippen LogP contribution in [0.1, 0.15) is 11.3 Å². The summed E-state index contributed by atoms with van der Waals surface area (Å²) in [4.78, 5) is 14.7. The van der Waals surface area contributed by atoms with Gasteiger partial charge in [0.1, 0.15) is 11.6 Å². The minimum Gasteiger partial charge on any atom is -0.493 e. The molecule has 0 fully saturated rings. The van der Waals surface area contributed by atoms with E-state index in [0.717, 1.165) is 16.7 Å². The molecule has 0 aliphatic heterocycles. The molecule has 26 heavy (non-hydrogen) atoms. The summed E-state index contributed by atoms with van der Waals surface area (Å²) in [6, 6.07) is 17.2. The summed E-state index contributed by atoms with van der Waals surface area (Å²) in [6.45, 7) is 1.80. The summed E-state index contributed by atoms with van der Waals surface area (Å²) in [7, 11) is 3.19. The predicted molar refractivity (Wildman–Crippen MR) is 100 cm³/mol. The molecule has 0 spiro atoms. The Morgan fingerprint density at radius 3 is 2.31 bits per heavy atom. The molecule has 0 atom stereocenters. The Bertz CT molecular complexity index is 1060. The van der Waals surface area contributed by atoms with Crippen LogP contribution in [-0.4, -0.2) is 19.2 Å². The van der Waals surface area contributed by atoms with E-state index in [2.05, 4.69) is 4.98 Å². The predicted octanol–water partition coefficient (Wildman–Crippen LogP) is 3.91. The molecule has 3 aromatic rings. The van der Waals surface area contributed by atoms with Crippen molar-refractivity contribution < 1.29 is 9.47 Å². The van der Waals surface area contributed by atoms with Gasteiger partial charge < -0.3 is 14.5 Å². The van der Waals surface area contributed by atoms with E-state index >= 15 is 0 Å². The third-order valence-corrected chi connectivity index (χ3v) is 4.17. The van der Waals surface area contributed by atoms with Crippen molar-refractivity contribution in [3.63, 3.8) is 0 Å². The molecule has 0 aliphatic carbocycles. The number of methoxy groups -OCH3 is 2. The van der Waals surface area contributed by atoms with Gasteiger partial charge in [0.05, 0.1) is 14.2 Å². The Morgan fingerprint density at radius 1 is 0.923 bits per heavy atom. The quantitative estimate of drug-likeness (QED) is 0.777. The molecule has 2 aromatic carbocycles. The van der Waals surface area contributed by atoms with Crippen LogP contribution in [0.2, 0.25) is 0 Å². The van der Waals surface area contributed by atoms with Crippen molar-refractivity contribution in [1.29, 1.82) is 5.26 Å². The smallest absolute Gasteiger partial charge is 0.266 e. The number of rotatable bonds is 4. The Morgan fingerprint density at radius 2 is 1.62 bits per heavy atom. The lowest BCUT2D eigenvalue weighted by atomic mass is 9.96. The molecule has 130 valence electrons. The minimum absolute atomic E-state index is 0.111. The number of hydrogen-bond donors (Lipinski definition) is 1. The van der Waals surface area contributed by atoms with E-state index in [4.69, 9.17) is 9.47 Å². The number of H-pyrrole nitrogens is 1. The van der Waals surface area contributed by atoms with Crippen molar-refractivity contribution in [2.45, 2.75) is 6.92 Å². The van der Waals surface area contributed by atoms with Crippen molar-refractivity contribution in [1.82, 2.24) is 4.98 Å². The summed E-state index contributed by atoms with van der Waals surface area (Å²) in [5.74, 6) is 1.30. The van der Waals surface area contributed by atoms with E-state index in [1.165, 1.54) is 0 Å². The van der Waals surface area contributed by atoms with Gasteiger partial charge in [-0.2, -0.15) is 5.26 Å². The van der Waals surface area contributed by atoms with Gasteiger partial charge in [-0.05, 0) is 47.9 Å². The lowest BCUT2D eigenvalue weighted by Gasteiger charge is -2.11. The molecule has 5 nitrogen and oxygen atoms in total. The lowest BCUT2D eigenvalue weighted by molar-refractivity contribution is 0.355. The normalized spacial score (nSPS) is 10.2. The fourth-order valence-electron chi connectivity index (χ4n) is 2.91. The average molecular weight is 346 g/mol. The number of aryl methyl sites for hydroxylation is 1. The standard InChI is InChI=1S/C21H18N2O3/c1-13-9-17(18(12-22)21(24)23-13)16-6-4-5-14(10-16)15-7-8-19(25-2)20(11-15)26-3/h4-11H,1-3H3,(H,23,24). The van der Waals surface area contributed by atoms with Crippen LogP contribution in [-0.2, 0) is 0 Å². The van der Waals surface area contributed by atoms with Crippen LogP contribution in [0.25, 0.3) is 22.3 Å². The van der Waals surface area contributed by atoms with Crippen molar-refractivity contribution in [3.8, 4) is 39.8 Å². The maximum atomic E-state index is 12.1. The first kappa shape index (κ1) is 17.3. The third-order valence-electron chi connectivity index (χ3n) is 4.17. The second-order valence-corrected chi connectivity index (χ2v) is 5.83. The number of nitriles is 1. The maximum absolute atomic E-state index is 12.1. The van der Waals surface area contributed by atoms with Gasteiger partial charge in [-0.15, -0.1) is 0 Å². The molecule has 0 unspecified atom stereocenters. The molecule has 3 rings (SSSR count). The zero-order valence-electron chi connectivity index (χ0n) is 14.8. The molecule has 1 aromatic heterocycles. The van der Waals surface area contributed by atoms with Crippen LogP contribution < -0.4 is 15.0 Å². The number of nitrogens with one attached hydrogen (secondary N) is 1. The van der Waals surface area contributed by atoms with Crippen LogP contribution in [0.15, 0.2) is 53.3 Å². The Balaban J connectivity index is 2.14. The van der Waals surface area contributed by atoms with Gasteiger partial charge in [0.15, 0.2) is 11.5 Å². The topological polar surface area (TPSA) is 75.1 Å². The highest BCUT2D eigenvalue weighted by atomic mass is 16.5. The molecule has 1 N–H and O–H groups in total. The molecule has 5 heteroatoms. The van der Waals surface area contributed by atoms with E-state index in [-0.39, 0.29) is 11.1 Å². The van der Waals surface area contributed by atoms with Crippen molar-refractivity contribution in [2.24, 2.45) is 0 Å². The molecule has 0 aliphatic rings. The van der Waals surface area contributed by atoms with Crippen molar-refractivity contribution in [3.05, 3.63) is 70.1 Å². The third kappa shape index (κ3) is 3.17. The number of hydrogen-bond acceptors (Lipinski definition) is 4. The van der Waals surface area contributed by atoms with Crippen LogP contribution in [0, 0.1) is 18.3 Å². The second-order valence-electron chi connectivity index (χ2n) is 5.83. The van der Waals surface area contributed by atoms with Gasteiger partial charge in [-0.1, -0.05) is 24.3 Å². The van der Waals surface area contributed by atoms with E-state index in [9.17, 15) is 10.1 Å². The summed E-state index contributed by atoms with van der Waals surface area (Å²) >= 11 is 0. The highest BCUT2D eigenvalue weighted by Crippen LogP contribution is 2.34. The van der Waals surface area contributed by atoms with Crippen LogP contribution >= 0.6 is 0 Å². The fraction of sp³-hybridized carbons (Fsp3) is 0.143. The largest absolute Gasteiger partial charge is 0.493 e. The number of aromatic nitrogens is 1. The minimum atomic E-state index is -0.376. The molecule has 0 radical (unpaired) electrons. The first-order valence-corrected chi connectivity index (χ1v) is 8.04. The lowest BCUT2D eigenvalue weighted by Crippen LogP contribution is -2.12. The van der Waals surface area contributed by atoms with E-state index in [1.807, 2.05) is 54.6 Å². The fourth-order valence-corrected chi connectivity index (χ4v) is 2.91. The average Bonchev–Trinajstić information content (AvgIpc) is 2.67. The SMILES string of the molecule is COc1ccc(-c2cccc(-c3cc(C)[nH]c(=O)c3C#N)c2)cc1OC. The van der Waals surface area contributed by atoms with Crippen LogP contribution in [0.3, 0.4) is 0 Å². The Labute approximate surface area is 151 Å². The molecular weight excluding hydrogens is 328 g/mol. The Hall–Kier alpha value is -3.52. The molecule has 0 saturated heterocycles. The second kappa shape index (κ2) is 7.16.